The van der Waals surface area contributed by atoms with E-state index in [-0.39, 0.29) is 16.5 Å². The molecule has 2 heterocycles. The Bertz CT molecular complexity index is 785. The lowest BCUT2D eigenvalue weighted by Crippen LogP contribution is -2.48. The summed E-state index contributed by atoms with van der Waals surface area (Å²) in [4.78, 5) is 0.584. The fraction of sp³-hybridized carbons (Fsp3) is 0.500. The second-order valence-corrected chi connectivity index (χ2v) is 9.51. The van der Waals surface area contributed by atoms with Gasteiger partial charge in [0.05, 0.1) is 10.9 Å². The Morgan fingerprint density at radius 3 is 2.04 bits per heavy atom. The van der Waals surface area contributed by atoms with Crippen LogP contribution in [0, 0.1) is 0 Å². The van der Waals surface area contributed by atoms with Crippen LogP contribution in [0.4, 0.5) is 26.3 Å². The number of hydrogen-bond acceptors (Lipinski definition) is 2. The Labute approximate surface area is 144 Å². The average Bonchev–Trinajstić information content (AvgIpc) is 2.95. The zero-order valence-corrected chi connectivity index (χ0v) is 14.4. The number of thioether (sulfide) groups is 2. The first-order chi connectivity index (χ1) is 11.2. The Morgan fingerprint density at radius 1 is 0.917 bits per heavy atom. The highest BCUT2D eigenvalue weighted by molar-refractivity contribution is 8.08. The van der Waals surface area contributed by atoms with Crippen molar-refractivity contribution in [2.45, 2.75) is 48.0 Å². The summed E-state index contributed by atoms with van der Waals surface area (Å²) in [5.41, 5.74) is -3.05. The summed E-state index contributed by atoms with van der Waals surface area (Å²) < 4.78 is 91.8. The molecule has 4 rings (SSSR count). The number of hydrogen-bond donors (Lipinski definition) is 0. The monoisotopic (exact) mass is 383 g/mol. The van der Waals surface area contributed by atoms with Gasteiger partial charge in [0, 0.05) is 11.1 Å². The van der Waals surface area contributed by atoms with Gasteiger partial charge in [-0.15, -0.1) is 23.5 Å². The van der Waals surface area contributed by atoms with E-state index in [0.717, 1.165) is 17.8 Å². The summed E-state index contributed by atoms with van der Waals surface area (Å²) in [7, 11) is 0. The lowest BCUT2D eigenvalue weighted by molar-refractivity contribution is -0.258. The first-order valence-electron chi connectivity index (χ1n) is 7.61. The number of fused-ring (bicyclic) bond motifs is 4. The van der Waals surface area contributed by atoms with Gasteiger partial charge < -0.3 is 0 Å². The zero-order valence-electron chi connectivity index (χ0n) is 13.7. The van der Waals surface area contributed by atoms with E-state index in [1.165, 1.54) is 17.8 Å². The summed E-state index contributed by atoms with van der Waals surface area (Å²) in [6, 6.07) is 0. The van der Waals surface area contributed by atoms with Gasteiger partial charge in [-0.3, -0.25) is 0 Å². The maximum absolute atomic E-state index is 14.5. The predicted molar refractivity (Wildman–Crippen MR) is 83.8 cm³/mol. The van der Waals surface area contributed by atoms with Crippen LogP contribution in [0.5, 0.6) is 0 Å². The summed E-state index contributed by atoms with van der Waals surface area (Å²) in [5, 5.41) is -0.105. The highest BCUT2D eigenvalue weighted by Gasteiger charge is 2.84. The molecular weight excluding hydrogens is 370 g/mol. The molecule has 0 saturated heterocycles. The molecule has 0 bridgehead atoms. The van der Waals surface area contributed by atoms with Gasteiger partial charge in [-0.25, -0.2) is 0 Å². The minimum atomic E-state index is -5.52. The third-order valence-electron chi connectivity index (χ3n) is 5.32. The summed E-state index contributed by atoms with van der Waals surface area (Å²) in [6.45, 7) is 4.77. The standard InChI is InChI=1S/C16H12F6S2/c1-7-6-9-11-10(14(17,18)16(21,22)15(11,19)20)8-4-5-23-12(8,2)13(9,3)24-7/h4-6H,1-3H3/i5D. The molecule has 8 heteroatoms. The first kappa shape index (κ1) is 15.5. The maximum Gasteiger partial charge on any atom is 0.380 e. The molecule has 0 radical (unpaired) electrons. The van der Waals surface area contributed by atoms with Crippen LogP contribution in [0.1, 0.15) is 22.1 Å². The van der Waals surface area contributed by atoms with Crippen molar-refractivity contribution in [3.8, 4) is 0 Å². The van der Waals surface area contributed by atoms with E-state index in [9.17, 15) is 26.3 Å². The molecule has 0 aromatic rings. The van der Waals surface area contributed by atoms with Crippen LogP contribution in [-0.2, 0) is 0 Å². The summed E-state index contributed by atoms with van der Waals surface area (Å²) in [5.74, 6) is -15.5. The van der Waals surface area contributed by atoms with E-state index in [2.05, 4.69) is 0 Å². The first-order valence-corrected chi connectivity index (χ1v) is 8.74. The molecule has 2 aliphatic heterocycles. The third kappa shape index (κ3) is 1.42. The molecular formula is C16H12F6S2. The second kappa shape index (κ2) is 4.14. The summed E-state index contributed by atoms with van der Waals surface area (Å²) in [6.07, 6.45) is 2.33. The van der Waals surface area contributed by atoms with Crippen LogP contribution in [0.3, 0.4) is 0 Å². The minimum Gasteiger partial charge on any atom is -0.194 e. The molecule has 2 aliphatic carbocycles. The Morgan fingerprint density at radius 2 is 1.46 bits per heavy atom. The van der Waals surface area contributed by atoms with Gasteiger partial charge in [0.1, 0.15) is 0 Å². The molecule has 0 spiro atoms. The number of allylic oxidation sites excluding steroid dienone is 5. The van der Waals surface area contributed by atoms with E-state index in [4.69, 9.17) is 1.37 Å². The average molecular weight is 383 g/mol. The Kier molecular flexibility index (Phi) is 2.67. The highest BCUT2D eigenvalue weighted by Crippen LogP contribution is 2.73. The zero-order chi connectivity index (χ0) is 18.8. The largest absolute Gasteiger partial charge is 0.380 e. The molecule has 0 N–H and O–H groups in total. The van der Waals surface area contributed by atoms with Gasteiger partial charge in [0.25, 0.3) is 0 Å². The van der Waals surface area contributed by atoms with Gasteiger partial charge in [-0.1, -0.05) is 6.08 Å². The van der Waals surface area contributed by atoms with Gasteiger partial charge in [-0.05, 0) is 48.3 Å². The van der Waals surface area contributed by atoms with Crippen LogP contribution >= 0.6 is 23.5 Å². The van der Waals surface area contributed by atoms with E-state index in [1.54, 1.807) is 20.8 Å². The van der Waals surface area contributed by atoms with Crippen LogP contribution in [0.25, 0.3) is 0 Å². The van der Waals surface area contributed by atoms with E-state index in [1.807, 2.05) is 0 Å². The molecule has 2 atom stereocenters. The molecule has 0 aromatic carbocycles. The number of halogens is 6. The number of alkyl halides is 6. The molecule has 24 heavy (non-hydrogen) atoms. The van der Waals surface area contributed by atoms with Crippen molar-refractivity contribution in [1.82, 2.24) is 0 Å². The van der Waals surface area contributed by atoms with E-state index in [0.29, 0.717) is 4.91 Å². The van der Waals surface area contributed by atoms with Crippen molar-refractivity contribution in [3.05, 3.63) is 44.7 Å². The van der Waals surface area contributed by atoms with Crippen LogP contribution < -0.4 is 0 Å². The smallest absolute Gasteiger partial charge is 0.194 e. The molecule has 0 nitrogen and oxygen atoms in total. The highest BCUT2D eigenvalue weighted by atomic mass is 32.2. The van der Waals surface area contributed by atoms with E-state index < -0.39 is 38.4 Å². The van der Waals surface area contributed by atoms with Crippen LogP contribution in [0.2, 0.25) is 0 Å². The minimum absolute atomic E-state index is 0.105. The molecule has 0 aromatic heterocycles. The maximum atomic E-state index is 14.5. The third-order valence-corrected chi connectivity index (χ3v) is 8.20. The van der Waals surface area contributed by atoms with Crippen molar-refractivity contribution < 1.29 is 27.7 Å². The lowest BCUT2D eigenvalue weighted by atomic mass is 9.71. The van der Waals surface area contributed by atoms with Gasteiger partial charge >= 0.3 is 17.8 Å². The molecule has 4 aliphatic rings. The normalized spacial score (nSPS) is 41.6. The lowest BCUT2D eigenvalue weighted by Gasteiger charge is -2.47. The van der Waals surface area contributed by atoms with Crippen molar-refractivity contribution >= 4 is 23.5 Å². The van der Waals surface area contributed by atoms with Gasteiger partial charge in [0.2, 0.25) is 0 Å². The molecule has 1 saturated carbocycles. The predicted octanol–water partition coefficient (Wildman–Crippen LogP) is 5.94. The fourth-order valence-corrected chi connectivity index (χ4v) is 6.54. The summed E-state index contributed by atoms with van der Waals surface area (Å²) >= 11 is 2.12. The molecule has 1 fully saturated rings. The fourth-order valence-electron chi connectivity index (χ4n) is 3.91. The Balaban J connectivity index is 2.20. The van der Waals surface area contributed by atoms with Crippen LogP contribution in [0.15, 0.2) is 44.7 Å². The van der Waals surface area contributed by atoms with Crippen molar-refractivity contribution in [1.29, 1.82) is 0 Å². The topological polar surface area (TPSA) is 0 Å². The van der Waals surface area contributed by atoms with Gasteiger partial charge in [0.15, 0.2) is 0 Å². The molecule has 0 amide bonds. The quantitative estimate of drug-likeness (QED) is 0.475. The van der Waals surface area contributed by atoms with Crippen molar-refractivity contribution in [2.75, 3.05) is 0 Å². The molecule has 2 unspecified atom stereocenters. The molecule has 130 valence electrons. The van der Waals surface area contributed by atoms with Gasteiger partial charge in [-0.2, -0.15) is 26.3 Å². The number of rotatable bonds is 0. The van der Waals surface area contributed by atoms with Crippen LogP contribution in [-0.4, -0.2) is 27.3 Å². The Hall–Kier alpha value is -0.760. The van der Waals surface area contributed by atoms with E-state index >= 15 is 0 Å². The van der Waals surface area contributed by atoms with Crippen molar-refractivity contribution in [2.24, 2.45) is 0 Å². The van der Waals surface area contributed by atoms with Crippen molar-refractivity contribution in [3.63, 3.8) is 0 Å². The second-order valence-electron chi connectivity index (χ2n) is 6.59. The SMILES string of the molecule is [2H]C1=CC2=C3C(=C4C=C(C)SC4(C)C2(C)S1)C(F)(F)C(F)(F)C3(F)F.